The minimum atomic E-state index is -3.81. The molecule has 1 amide bonds. The molecule has 1 rings (SSSR count). The summed E-state index contributed by atoms with van der Waals surface area (Å²) in [5.74, 6) is -0.567. The molecule has 0 aliphatic heterocycles. The molecular formula is C13H20N2O4S. The second-order valence-corrected chi connectivity index (χ2v) is 6.69. The average molecular weight is 300 g/mol. The van der Waals surface area contributed by atoms with Crippen molar-refractivity contribution in [2.24, 2.45) is 0 Å². The van der Waals surface area contributed by atoms with Crippen molar-refractivity contribution in [3.63, 3.8) is 0 Å². The molecule has 7 heteroatoms. The van der Waals surface area contributed by atoms with Crippen LogP contribution in [0.3, 0.4) is 0 Å². The molecule has 0 fully saturated rings. The first kappa shape index (κ1) is 16.5. The lowest BCUT2D eigenvalue weighted by Gasteiger charge is -2.15. The van der Waals surface area contributed by atoms with Gasteiger partial charge in [-0.15, -0.1) is 0 Å². The van der Waals surface area contributed by atoms with E-state index in [1.54, 1.807) is 19.1 Å². The van der Waals surface area contributed by atoms with Gasteiger partial charge in [0.25, 0.3) is 0 Å². The fourth-order valence-electron chi connectivity index (χ4n) is 1.65. The normalized spacial score (nSPS) is 12.9. The summed E-state index contributed by atoms with van der Waals surface area (Å²) in [5.41, 5.74) is 6.65. The first-order valence-corrected chi connectivity index (χ1v) is 7.72. The zero-order chi connectivity index (χ0) is 15.3. The monoisotopic (exact) mass is 300 g/mol. The van der Waals surface area contributed by atoms with E-state index in [1.165, 1.54) is 20.1 Å². The van der Waals surface area contributed by atoms with Gasteiger partial charge in [0, 0.05) is 13.7 Å². The number of aryl methyl sites for hydroxylation is 1. The molecule has 0 heterocycles. The predicted octanol–water partition coefficient (Wildman–Crippen LogP) is 0.502. The van der Waals surface area contributed by atoms with Gasteiger partial charge in [-0.05, 0) is 25.5 Å². The van der Waals surface area contributed by atoms with Crippen molar-refractivity contribution in [3.05, 3.63) is 23.8 Å². The van der Waals surface area contributed by atoms with E-state index in [1.807, 2.05) is 0 Å². The molecule has 0 aliphatic rings. The van der Waals surface area contributed by atoms with Crippen molar-refractivity contribution in [1.29, 1.82) is 0 Å². The first-order chi connectivity index (χ1) is 9.32. The zero-order valence-electron chi connectivity index (χ0n) is 11.8. The van der Waals surface area contributed by atoms with Crippen molar-refractivity contribution < 1.29 is 17.9 Å². The number of carbonyl (C=O) groups excluding carboxylic acids is 1. The van der Waals surface area contributed by atoms with Gasteiger partial charge in [0.2, 0.25) is 5.91 Å². The van der Waals surface area contributed by atoms with Crippen LogP contribution in [0.4, 0.5) is 5.69 Å². The van der Waals surface area contributed by atoms with Crippen molar-refractivity contribution >= 4 is 21.4 Å². The van der Waals surface area contributed by atoms with Gasteiger partial charge >= 0.3 is 0 Å². The second-order valence-electron chi connectivity index (χ2n) is 4.46. The van der Waals surface area contributed by atoms with E-state index in [-0.39, 0.29) is 17.1 Å². The Kier molecular flexibility index (Phi) is 5.52. The smallest absolute Gasteiger partial charge is 0.238 e. The number of methoxy groups -OCH3 is 1. The van der Waals surface area contributed by atoms with Crippen LogP contribution in [-0.2, 0) is 19.4 Å². The van der Waals surface area contributed by atoms with E-state index >= 15 is 0 Å². The summed E-state index contributed by atoms with van der Waals surface area (Å²) in [4.78, 5) is 11.8. The molecule has 0 spiro atoms. The number of hydrogen-bond acceptors (Lipinski definition) is 5. The first-order valence-electron chi connectivity index (χ1n) is 6.18. The third-order valence-corrected chi connectivity index (χ3v) is 5.14. The lowest BCUT2D eigenvalue weighted by Crippen LogP contribution is -2.39. The summed E-state index contributed by atoms with van der Waals surface area (Å²) in [6.07, 6.45) is 0. The van der Waals surface area contributed by atoms with E-state index in [0.717, 1.165) is 0 Å². The van der Waals surface area contributed by atoms with Gasteiger partial charge in [-0.25, -0.2) is 8.42 Å². The van der Waals surface area contributed by atoms with Crippen LogP contribution in [0.2, 0.25) is 0 Å². The van der Waals surface area contributed by atoms with E-state index < -0.39 is 21.0 Å². The Labute approximate surface area is 119 Å². The largest absolute Gasteiger partial charge is 0.397 e. The van der Waals surface area contributed by atoms with Crippen molar-refractivity contribution in [2.75, 3.05) is 26.0 Å². The van der Waals surface area contributed by atoms with Gasteiger partial charge < -0.3 is 15.8 Å². The summed E-state index contributed by atoms with van der Waals surface area (Å²) in [6, 6.07) is 4.74. The van der Waals surface area contributed by atoms with Crippen LogP contribution in [0.15, 0.2) is 23.1 Å². The minimum Gasteiger partial charge on any atom is -0.397 e. The Morgan fingerprint density at radius 1 is 1.45 bits per heavy atom. The standard InChI is InChI=1S/C13H20N2O4S/c1-9-5-4-6-11(12(9)14)20(17,18)10(2)13(16)15-7-8-19-3/h4-6,10H,7-8,14H2,1-3H3,(H,15,16). The zero-order valence-corrected chi connectivity index (χ0v) is 12.7. The molecule has 0 bridgehead atoms. The Hall–Kier alpha value is -1.60. The highest BCUT2D eigenvalue weighted by molar-refractivity contribution is 7.93. The van der Waals surface area contributed by atoms with E-state index in [0.29, 0.717) is 12.2 Å². The third kappa shape index (κ3) is 3.49. The highest BCUT2D eigenvalue weighted by atomic mass is 32.2. The molecule has 112 valence electrons. The SMILES string of the molecule is COCCNC(=O)C(C)S(=O)(=O)c1cccc(C)c1N. The van der Waals surface area contributed by atoms with Gasteiger partial charge in [-0.2, -0.15) is 0 Å². The molecule has 0 saturated carbocycles. The number of sulfone groups is 1. The quantitative estimate of drug-likeness (QED) is 0.589. The molecule has 1 aromatic rings. The maximum Gasteiger partial charge on any atom is 0.238 e. The van der Waals surface area contributed by atoms with Crippen LogP contribution < -0.4 is 11.1 Å². The molecule has 1 aromatic carbocycles. The Balaban J connectivity index is 2.98. The van der Waals surface area contributed by atoms with Gasteiger partial charge in [-0.1, -0.05) is 12.1 Å². The van der Waals surface area contributed by atoms with Gasteiger partial charge in [0.15, 0.2) is 9.84 Å². The Morgan fingerprint density at radius 3 is 2.70 bits per heavy atom. The van der Waals surface area contributed by atoms with Crippen LogP contribution in [-0.4, -0.2) is 39.8 Å². The van der Waals surface area contributed by atoms with Crippen LogP contribution in [0, 0.1) is 6.92 Å². The van der Waals surface area contributed by atoms with Gasteiger partial charge in [-0.3, -0.25) is 4.79 Å². The van der Waals surface area contributed by atoms with Gasteiger partial charge in [0.05, 0.1) is 17.2 Å². The van der Waals surface area contributed by atoms with Crippen LogP contribution >= 0.6 is 0 Å². The highest BCUT2D eigenvalue weighted by Crippen LogP contribution is 2.25. The number of nitrogens with one attached hydrogen (secondary N) is 1. The van der Waals surface area contributed by atoms with E-state index in [2.05, 4.69) is 5.32 Å². The molecular weight excluding hydrogens is 280 g/mol. The van der Waals surface area contributed by atoms with Crippen molar-refractivity contribution in [3.8, 4) is 0 Å². The van der Waals surface area contributed by atoms with Crippen molar-refractivity contribution in [2.45, 2.75) is 24.0 Å². The molecule has 0 saturated heterocycles. The second kappa shape index (κ2) is 6.71. The van der Waals surface area contributed by atoms with Gasteiger partial charge in [0.1, 0.15) is 5.25 Å². The van der Waals surface area contributed by atoms with E-state index in [4.69, 9.17) is 10.5 Å². The summed E-state index contributed by atoms with van der Waals surface area (Å²) in [7, 11) is -2.31. The summed E-state index contributed by atoms with van der Waals surface area (Å²) < 4.78 is 29.6. The highest BCUT2D eigenvalue weighted by Gasteiger charge is 2.31. The third-order valence-electron chi connectivity index (χ3n) is 3.03. The summed E-state index contributed by atoms with van der Waals surface area (Å²) in [6.45, 7) is 3.65. The number of nitrogen functional groups attached to an aromatic ring is 1. The van der Waals surface area contributed by atoms with Crippen LogP contribution in [0.25, 0.3) is 0 Å². The Morgan fingerprint density at radius 2 is 2.10 bits per heavy atom. The molecule has 0 aliphatic carbocycles. The fraction of sp³-hybridized carbons (Fsp3) is 0.462. The lowest BCUT2D eigenvalue weighted by molar-refractivity contribution is -0.120. The number of nitrogens with two attached hydrogens (primary N) is 1. The number of ether oxygens (including phenoxy) is 1. The molecule has 6 nitrogen and oxygen atoms in total. The molecule has 20 heavy (non-hydrogen) atoms. The number of carbonyl (C=O) groups is 1. The van der Waals surface area contributed by atoms with Crippen LogP contribution in [0.1, 0.15) is 12.5 Å². The molecule has 0 radical (unpaired) electrons. The number of benzene rings is 1. The number of rotatable bonds is 6. The maximum atomic E-state index is 12.4. The number of para-hydroxylation sites is 1. The maximum absolute atomic E-state index is 12.4. The number of amides is 1. The summed E-state index contributed by atoms with van der Waals surface area (Å²) >= 11 is 0. The molecule has 3 N–H and O–H groups in total. The fourth-order valence-corrected chi connectivity index (χ4v) is 3.14. The number of anilines is 1. The molecule has 1 unspecified atom stereocenters. The molecule has 0 aromatic heterocycles. The predicted molar refractivity (Wildman–Crippen MR) is 77.1 cm³/mol. The van der Waals surface area contributed by atoms with Crippen LogP contribution in [0.5, 0.6) is 0 Å². The number of hydrogen-bond donors (Lipinski definition) is 2. The molecule has 1 atom stereocenters. The minimum absolute atomic E-state index is 0.00751. The lowest BCUT2D eigenvalue weighted by atomic mass is 10.2. The summed E-state index contributed by atoms with van der Waals surface area (Å²) in [5, 5.41) is 1.30. The average Bonchev–Trinajstić information content (AvgIpc) is 2.40. The van der Waals surface area contributed by atoms with E-state index in [9.17, 15) is 13.2 Å². The Bertz CT molecular complexity index is 584. The van der Waals surface area contributed by atoms with Crippen molar-refractivity contribution in [1.82, 2.24) is 5.32 Å². The topological polar surface area (TPSA) is 98.5 Å².